The van der Waals surface area contributed by atoms with Gasteiger partial charge in [-0.15, -0.1) is 0 Å². The molecule has 2 saturated heterocycles. The van der Waals surface area contributed by atoms with Crippen LogP contribution in [-0.4, -0.2) is 53.2 Å². The number of hydrogen-bond acceptors (Lipinski definition) is 4. The van der Waals surface area contributed by atoms with Crippen LogP contribution in [0.25, 0.3) is 0 Å². The number of hydrogen-bond donors (Lipinski definition) is 1. The Labute approximate surface area is 181 Å². The summed E-state index contributed by atoms with van der Waals surface area (Å²) in [5, 5.41) is 2.22. The molecule has 8 heteroatoms. The first-order valence-corrected chi connectivity index (χ1v) is 11.1. The summed E-state index contributed by atoms with van der Waals surface area (Å²) in [6, 6.07) is 0.292. The van der Waals surface area contributed by atoms with Gasteiger partial charge in [0.1, 0.15) is 17.7 Å². The molecule has 0 saturated carbocycles. The highest BCUT2D eigenvalue weighted by atomic mass is 19.1. The zero-order valence-corrected chi connectivity index (χ0v) is 18.0. The summed E-state index contributed by atoms with van der Waals surface area (Å²) in [4.78, 5) is 40.0. The van der Waals surface area contributed by atoms with E-state index in [1.165, 1.54) is 4.90 Å². The molecular weight excluding hydrogens is 404 g/mol. The van der Waals surface area contributed by atoms with Crippen molar-refractivity contribution in [3.05, 3.63) is 34.4 Å². The fourth-order valence-electron chi connectivity index (χ4n) is 4.91. The largest absolute Gasteiger partial charge is 0.322 e. The number of piperidine rings is 2. The van der Waals surface area contributed by atoms with E-state index in [-0.39, 0.29) is 47.9 Å². The van der Waals surface area contributed by atoms with E-state index in [4.69, 9.17) is 0 Å². The molecule has 6 nitrogen and oxygen atoms in total. The number of nitrogens with zero attached hydrogens (tertiary/aromatic N) is 2. The Kier molecular flexibility index (Phi) is 6.10. The van der Waals surface area contributed by atoms with Gasteiger partial charge in [-0.05, 0) is 63.2 Å². The summed E-state index contributed by atoms with van der Waals surface area (Å²) in [5.74, 6) is -2.45. The summed E-state index contributed by atoms with van der Waals surface area (Å²) in [5.41, 5.74) is 0.214. The third kappa shape index (κ3) is 4.22. The highest BCUT2D eigenvalue weighted by Gasteiger charge is 2.42. The first kappa shape index (κ1) is 21.9. The third-order valence-corrected chi connectivity index (χ3v) is 6.78. The lowest BCUT2D eigenvalue weighted by Gasteiger charge is -2.33. The predicted molar refractivity (Wildman–Crippen MR) is 110 cm³/mol. The first-order valence-electron chi connectivity index (χ1n) is 11.1. The molecule has 4 rings (SSSR count). The van der Waals surface area contributed by atoms with Gasteiger partial charge in [0.25, 0.3) is 5.91 Å². The van der Waals surface area contributed by atoms with Gasteiger partial charge in [0.2, 0.25) is 11.8 Å². The molecular formula is C23H29F2N3O3. The van der Waals surface area contributed by atoms with Crippen molar-refractivity contribution in [2.75, 3.05) is 19.6 Å². The monoisotopic (exact) mass is 433 g/mol. The lowest BCUT2D eigenvalue weighted by atomic mass is 9.86. The standard InChI is InChI=1S/C23H29F2N3O3/c1-13(2)5-8-27-9-6-14(7-10-27)20-17(24)11-15-16(21(20)25)12-28(23(15)31)18-3-4-19(29)26-22(18)30/h11,13-14,18H,3-10,12H2,1-2H3,(H,26,29,30). The predicted octanol–water partition coefficient (Wildman–Crippen LogP) is 2.95. The molecule has 1 N–H and O–H groups in total. The van der Waals surface area contributed by atoms with E-state index in [9.17, 15) is 18.8 Å². The molecule has 168 valence electrons. The summed E-state index contributed by atoms with van der Waals surface area (Å²) >= 11 is 0. The van der Waals surface area contributed by atoms with Crippen molar-refractivity contribution in [2.45, 2.75) is 64.5 Å². The number of nitrogens with one attached hydrogen (secondary N) is 1. The second-order valence-corrected chi connectivity index (χ2v) is 9.31. The molecule has 3 amide bonds. The molecule has 2 fully saturated rings. The van der Waals surface area contributed by atoms with E-state index in [0.29, 0.717) is 18.8 Å². The highest BCUT2D eigenvalue weighted by molar-refractivity contribution is 6.05. The van der Waals surface area contributed by atoms with Gasteiger partial charge in [-0.25, -0.2) is 8.78 Å². The van der Waals surface area contributed by atoms with Crippen LogP contribution in [0.4, 0.5) is 8.78 Å². The van der Waals surface area contributed by atoms with Gasteiger partial charge in [0.05, 0.1) is 12.1 Å². The number of halogens is 2. The van der Waals surface area contributed by atoms with E-state index >= 15 is 4.39 Å². The van der Waals surface area contributed by atoms with Gasteiger partial charge in [-0.3, -0.25) is 19.7 Å². The van der Waals surface area contributed by atoms with E-state index in [1.807, 2.05) is 0 Å². The Bertz CT molecular complexity index is 910. The van der Waals surface area contributed by atoms with Gasteiger partial charge in [0.15, 0.2) is 0 Å². The normalized spacial score (nSPS) is 22.9. The quantitative estimate of drug-likeness (QED) is 0.725. The van der Waals surface area contributed by atoms with Crippen LogP contribution in [0.1, 0.15) is 73.4 Å². The van der Waals surface area contributed by atoms with Gasteiger partial charge in [-0.1, -0.05) is 13.8 Å². The number of rotatable bonds is 5. The van der Waals surface area contributed by atoms with Crippen LogP contribution in [0, 0.1) is 17.6 Å². The number of benzene rings is 1. The van der Waals surface area contributed by atoms with Crippen molar-refractivity contribution >= 4 is 17.7 Å². The molecule has 31 heavy (non-hydrogen) atoms. The van der Waals surface area contributed by atoms with Crippen LogP contribution in [0.5, 0.6) is 0 Å². The maximum absolute atomic E-state index is 15.5. The minimum absolute atomic E-state index is 0.0159. The van der Waals surface area contributed by atoms with Crippen LogP contribution in [0.15, 0.2) is 6.07 Å². The molecule has 1 aromatic carbocycles. The lowest BCUT2D eigenvalue weighted by Crippen LogP contribution is -2.52. The fourth-order valence-corrected chi connectivity index (χ4v) is 4.91. The molecule has 0 bridgehead atoms. The molecule has 1 atom stereocenters. The first-order chi connectivity index (χ1) is 14.8. The Morgan fingerprint density at radius 3 is 2.48 bits per heavy atom. The van der Waals surface area contributed by atoms with Crippen LogP contribution in [-0.2, 0) is 16.1 Å². The van der Waals surface area contributed by atoms with Crippen molar-refractivity contribution < 1.29 is 23.2 Å². The zero-order chi connectivity index (χ0) is 22.3. The van der Waals surface area contributed by atoms with E-state index in [0.717, 1.165) is 32.1 Å². The fraction of sp³-hybridized carbons (Fsp3) is 0.609. The Balaban J connectivity index is 1.51. The number of fused-ring (bicyclic) bond motifs is 1. The maximum Gasteiger partial charge on any atom is 0.255 e. The van der Waals surface area contributed by atoms with Crippen molar-refractivity contribution in [1.82, 2.24) is 15.1 Å². The Morgan fingerprint density at radius 1 is 1.13 bits per heavy atom. The molecule has 3 aliphatic rings. The van der Waals surface area contributed by atoms with Crippen LogP contribution in [0.2, 0.25) is 0 Å². The smallest absolute Gasteiger partial charge is 0.255 e. The second-order valence-electron chi connectivity index (χ2n) is 9.31. The van der Waals surface area contributed by atoms with Gasteiger partial charge >= 0.3 is 0 Å². The van der Waals surface area contributed by atoms with Gasteiger partial charge in [-0.2, -0.15) is 0 Å². The summed E-state index contributed by atoms with van der Waals surface area (Å²) in [7, 11) is 0. The lowest BCUT2D eigenvalue weighted by molar-refractivity contribution is -0.136. The Hall–Kier alpha value is -2.35. The number of imide groups is 1. The second kappa shape index (κ2) is 8.65. The third-order valence-electron chi connectivity index (χ3n) is 6.78. The molecule has 0 radical (unpaired) electrons. The van der Waals surface area contributed by atoms with Crippen LogP contribution in [0.3, 0.4) is 0 Å². The van der Waals surface area contributed by atoms with Crippen molar-refractivity contribution in [1.29, 1.82) is 0 Å². The van der Waals surface area contributed by atoms with Crippen molar-refractivity contribution in [3.8, 4) is 0 Å². The molecule has 1 aromatic rings. The number of carbonyl (C=O) groups excluding carboxylic acids is 3. The maximum atomic E-state index is 15.5. The summed E-state index contributed by atoms with van der Waals surface area (Å²) in [6.07, 6.45) is 2.76. The van der Waals surface area contributed by atoms with Gasteiger partial charge in [0, 0.05) is 17.5 Å². The summed E-state index contributed by atoms with van der Waals surface area (Å²) < 4.78 is 30.4. The molecule has 0 aliphatic carbocycles. The minimum Gasteiger partial charge on any atom is -0.322 e. The molecule has 3 heterocycles. The van der Waals surface area contributed by atoms with Gasteiger partial charge < -0.3 is 9.80 Å². The molecule has 0 spiro atoms. The van der Waals surface area contributed by atoms with Crippen LogP contribution < -0.4 is 5.32 Å². The van der Waals surface area contributed by atoms with Crippen molar-refractivity contribution in [3.63, 3.8) is 0 Å². The van der Waals surface area contributed by atoms with E-state index in [2.05, 4.69) is 24.1 Å². The number of carbonyl (C=O) groups is 3. The van der Waals surface area contributed by atoms with E-state index in [1.54, 1.807) is 0 Å². The molecule has 3 aliphatic heterocycles. The average Bonchev–Trinajstić information content (AvgIpc) is 3.04. The zero-order valence-electron chi connectivity index (χ0n) is 18.0. The van der Waals surface area contributed by atoms with Crippen molar-refractivity contribution in [2.24, 2.45) is 5.92 Å². The summed E-state index contributed by atoms with van der Waals surface area (Å²) in [6.45, 7) is 6.88. The highest BCUT2D eigenvalue weighted by Crippen LogP contribution is 2.38. The molecule has 0 aromatic heterocycles. The number of likely N-dealkylation sites (tertiary alicyclic amines) is 1. The SMILES string of the molecule is CC(C)CCN1CCC(c2c(F)cc3c(c2F)CN(C2CCC(=O)NC2=O)C3=O)CC1. The minimum atomic E-state index is -0.840. The van der Waals surface area contributed by atoms with Crippen LogP contribution >= 0.6 is 0 Å². The Morgan fingerprint density at radius 2 is 1.84 bits per heavy atom. The molecule has 1 unspecified atom stereocenters. The average molecular weight is 433 g/mol. The number of amides is 3. The van der Waals surface area contributed by atoms with E-state index < -0.39 is 29.5 Å². The topological polar surface area (TPSA) is 69.7 Å².